The Kier molecular flexibility index (Phi) is 4.37. The van der Waals surface area contributed by atoms with Crippen molar-refractivity contribution < 1.29 is 0 Å². The highest BCUT2D eigenvalue weighted by Gasteiger charge is 2.27. The molecule has 1 heterocycles. The number of likely N-dealkylation sites (tertiary alicyclic amines) is 1. The van der Waals surface area contributed by atoms with Gasteiger partial charge in [-0.2, -0.15) is 0 Å². The van der Waals surface area contributed by atoms with E-state index in [-0.39, 0.29) is 6.04 Å². The van der Waals surface area contributed by atoms with Crippen LogP contribution in [0.4, 0.5) is 0 Å². The van der Waals surface area contributed by atoms with Gasteiger partial charge in [0, 0.05) is 31.6 Å². The summed E-state index contributed by atoms with van der Waals surface area (Å²) in [4.78, 5) is 2.53. The molecular formula is C19H24N2. The van der Waals surface area contributed by atoms with E-state index in [1.807, 2.05) is 0 Å². The fourth-order valence-electron chi connectivity index (χ4n) is 3.28. The van der Waals surface area contributed by atoms with Gasteiger partial charge < -0.3 is 5.73 Å². The molecule has 0 unspecified atom stereocenters. The maximum Gasteiger partial charge on any atom is 0.0234 e. The monoisotopic (exact) mass is 280 g/mol. The molecular weight excluding hydrogens is 256 g/mol. The van der Waals surface area contributed by atoms with Gasteiger partial charge in [-0.3, -0.25) is 4.90 Å². The minimum atomic E-state index is 0.277. The molecule has 2 aromatic carbocycles. The Morgan fingerprint density at radius 3 is 2.67 bits per heavy atom. The zero-order chi connectivity index (χ0) is 14.7. The predicted molar refractivity (Wildman–Crippen MR) is 88.2 cm³/mol. The molecule has 1 aliphatic rings. The van der Waals surface area contributed by atoms with Crippen molar-refractivity contribution in [2.24, 2.45) is 5.73 Å². The zero-order valence-electron chi connectivity index (χ0n) is 12.7. The number of piperidine rings is 1. The topological polar surface area (TPSA) is 29.3 Å². The number of hydrogen-bond acceptors (Lipinski definition) is 2. The molecule has 1 aliphatic heterocycles. The summed E-state index contributed by atoms with van der Waals surface area (Å²) in [5.74, 6) is 0.447. The Hall–Kier alpha value is -1.64. The molecule has 2 N–H and O–H groups in total. The van der Waals surface area contributed by atoms with Crippen LogP contribution >= 0.6 is 0 Å². The molecule has 0 bridgehead atoms. The number of nitrogens with zero attached hydrogens (tertiary/aromatic N) is 1. The van der Waals surface area contributed by atoms with Gasteiger partial charge in [-0.15, -0.1) is 0 Å². The molecule has 2 atom stereocenters. The normalized spacial score (nSPS) is 23.1. The first-order chi connectivity index (χ1) is 10.2. The first kappa shape index (κ1) is 14.3. The standard InChI is InChI=1S/C19H24N2/c1-15-6-5-9-17(12-15)18-14-21(11-10-19(18)20)13-16-7-3-2-4-8-16/h2-9,12,18-19H,10-11,13-14,20H2,1H3/t18-,19+/m1/s1. The summed E-state index contributed by atoms with van der Waals surface area (Å²) in [6.07, 6.45) is 1.07. The van der Waals surface area contributed by atoms with E-state index in [2.05, 4.69) is 66.4 Å². The van der Waals surface area contributed by atoms with Gasteiger partial charge in [-0.05, 0) is 24.5 Å². The Morgan fingerprint density at radius 1 is 1.10 bits per heavy atom. The summed E-state index contributed by atoms with van der Waals surface area (Å²) in [5.41, 5.74) is 10.5. The van der Waals surface area contributed by atoms with E-state index in [1.165, 1.54) is 16.7 Å². The lowest BCUT2D eigenvalue weighted by molar-refractivity contribution is 0.183. The minimum Gasteiger partial charge on any atom is -0.327 e. The molecule has 0 amide bonds. The summed E-state index contributed by atoms with van der Waals surface area (Å²) < 4.78 is 0. The van der Waals surface area contributed by atoms with Crippen molar-refractivity contribution in [2.45, 2.75) is 31.8 Å². The van der Waals surface area contributed by atoms with Gasteiger partial charge in [0.25, 0.3) is 0 Å². The summed E-state index contributed by atoms with van der Waals surface area (Å²) in [7, 11) is 0. The Bertz CT molecular complexity index is 579. The van der Waals surface area contributed by atoms with Crippen LogP contribution in [0.5, 0.6) is 0 Å². The lowest BCUT2D eigenvalue weighted by Crippen LogP contribution is -2.45. The van der Waals surface area contributed by atoms with E-state index in [9.17, 15) is 0 Å². The molecule has 21 heavy (non-hydrogen) atoms. The van der Waals surface area contributed by atoms with Crippen LogP contribution in [-0.2, 0) is 6.54 Å². The first-order valence-electron chi connectivity index (χ1n) is 7.81. The van der Waals surface area contributed by atoms with Crippen LogP contribution in [0, 0.1) is 6.92 Å². The van der Waals surface area contributed by atoms with Gasteiger partial charge in [0.05, 0.1) is 0 Å². The van der Waals surface area contributed by atoms with Gasteiger partial charge in [0.1, 0.15) is 0 Å². The maximum absolute atomic E-state index is 6.39. The van der Waals surface area contributed by atoms with Gasteiger partial charge in [0.2, 0.25) is 0 Å². The van der Waals surface area contributed by atoms with Crippen LogP contribution in [0.25, 0.3) is 0 Å². The van der Waals surface area contributed by atoms with Gasteiger partial charge in [-0.25, -0.2) is 0 Å². The van der Waals surface area contributed by atoms with E-state index in [0.717, 1.165) is 26.1 Å². The average molecular weight is 280 g/mol. The molecule has 2 heteroatoms. The minimum absolute atomic E-state index is 0.277. The van der Waals surface area contributed by atoms with Crippen LogP contribution in [0.3, 0.4) is 0 Å². The third-order valence-electron chi connectivity index (χ3n) is 4.47. The number of aryl methyl sites for hydroxylation is 1. The van der Waals surface area contributed by atoms with Gasteiger partial charge in [-0.1, -0.05) is 60.2 Å². The predicted octanol–water partition coefficient (Wildman–Crippen LogP) is 3.31. The van der Waals surface area contributed by atoms with Crippen LogP contribution in [-0.4, -0.2) is 24.0 Å². The molecule has 110 valence electrons. The zero-order valence-corrected chi connectivity index (χ0v) is 12.7. The fourth-order valence-corrected chi connectivity index (χ4v) is 3.28. The molecule has 0 aromatic heterocycles. The molecule has 0 radical (unpaired) electrons. The van der Waals surface area contributed by atoms with E-state index >= 15 is 0 Å². The summed E-state index contributed by atoms with van der Waals surface area (Å²) >= 11 is 0. The number of benzene rings is 2. The van der Waals surface area contributed by atoms with Gasteiger partial charge in [0.15, 0.2) is 0 Å². The lowest BCUT2D eigenvalue weighted by Gasteiger charge is -2.37. The quantitative estimate of drug-likeness (QED) is 0.934. The van der Waals surface area contributed by atoms with E-state index in [1.54, 1.807) is 0 Å². The molecule has 1 fully saturated rings. The highest BCUT2D eigenvalue weighted by molar-refractivity contribution is 5.27. The van der Waals surface area contributed by atoms with E-state index < -0.39 is 0 Å². The Balaban J connectivity index is 1.73. The summed E-state index contributed by atoms with van der Waals surface area (Å²) in [5, 5.41) is 0. The highest BCUT2D eigenvalue weighted by atomic mass is 15.1. The van der Waals surface area contributed by atoms with Crippen molar-refractivity contribution in [3.63, 3.8) is 0 Å². The molecule has 1 saturated heterocycles. The summed E-state index contributed by atoms with van der Waals surface area (Å²) in [6.45, 7) is 5.33. The molecule has 3 rings (SSSR count). The average Bonchev–Trinajstić information content (AvgIpc) is 2.50. The van der Waals surface area contributed by atoms with Crippen LogP contribution in [0.1, 0.15) is 29.0 Å². The largest absolute Gasteiger partial charge is 0.327 e. The van der Waals surface area contributed by atoms with Crippen LogP contribution in [0.2, 0.25) is 0 Å². The second kappa shape index (κ2) is 6.42. The number of nitrogens with two attached hydrogens (primary N) is 1. The third-order valence-corrected chi connectivity index (χ3v) is 4.47. The van der Waals surface area contributed by atoms with Crippen LogP contribution < -0.4 is 5.73 Å². The van der Waals surface area contributed by atoms with E-state index in [0.29, 0.717) is 5.92 Å². The van der Waals surface area contributed by atoms with E-state index in [4.69, 9.17) is 5.73 Å². The number of rotatable bonds is 3. The molecule has 2 nitrogen and oxygen atoms in total. The number of hydrogen-bond donors (Lipinski definition) is 1. The summed E-state index contributed by atoms with van der Waals surface area (Å²) in [6, 6.07) is 19.8. The first-order valence-corrected chi connectivity index (χ1v) is 7.81. The molecule has 2 aromatic rings. The van der Waals surface area contributed by atoms with Crippen molar-refractivity contribution >= 4 is 0 Å². The molecule has 0 spiro atoms. The van der Waals surface area contributed by atoms with Crippen molar-refractivity contribution in [1.82, 2.24) is 4.90 Å². The van der Waals surface area contributed by atoms with Crippen molar-refractivity contribution in [1.29, 1.82) is 0 Å². The van der Waals surface area contributed by atoms with Crippen molar-refractivity contribution in [3.8, 4) is 0 Å². The lowest BCUT2D eigenvalue weighted by atomic mass is 9.86. The van der Waals surface area contributed by atoms with Crippen LogP contribution in [0.15, 0.2) is 54.6 Å². The second-order valence-corrected chi connectivity index (χ2v) is 6.19. The Morgan fingerprint density at radius 2 is 1.90 bits per heavy atom. The molecule has 0 saturated carbocycles. The van der Waals surface area contributed by atoms with Gasteiger partial charge >= 0.3 is 0 Å². The van der Waals surface area contributed by atoms with Crippen molar-refractivity contribution in [3.05, 3.63) is 71.3 Å². The molecule has 0 aliphatic carbocycles. The highest BCUT2D eigenvalue weighted by Crippen LogP contribution is 2.27. The van der Waals surface area contributed by atoms with Crippen molar-refractivity contribution in [2.75, 3.05) is 13.1 Å². The third kappa shape index (κ3) is 3.52. The fraction of sp³-hybridized carbons (Fsp3) is 0.368. The SMILES string of the molecule is Cc1cccc([C@H]2CN(Cc3ccccc3)CC[C@@H]2N)c1. The second-order valence-electron chi connectivity index (χ2n) is 6.19. The maximum atomic E-state index is 6.39. The Labute approximate surface area is 127 Å². The smallest absolute Gasteiger partial charge is 0.0234 e.